The van der Waals surface area contributed by atoms with Crippen molar-refractivity contribution in [3.8, 4) is 0 Å². The van der Waals surface area contributed by atoms with Crippen LogP contribution in [0.4, 0.5) is 0 Å². The molecule has 1 N–H and O–H groups in total. The van der Waals surface area contributed by atoms with Crippen LogP contribution in [-0.4, -0.2) is 12.6 Å². The smallest absolute Gasteiger partial charge is 0.00684 e. The zero-order valence-electron chi connectivity index (χ0n) is 11.8. The van der Waals surface area contributed by atoms with E-state index >= 15 is 0 Å². The van der Waals surface area contributed by atoms with Gasteiger partial charge >= 0.3 is 0 Å². The van der Waals surface area contributed by atoms with Gasteiger partial charge in [0.25, 0.3) is 0 Å². The van der Waals surface area contributed by atoms with Crippen molar-refractivity contribution in [1.82, 2.24) is 5.32 Å². The van der Waals surface area contributed by atoms with E-state index in [2.05, 4.69) is 35.6 Å². The molecule has 3 atom stereocenters. The van der Waals surface area contributed by atoms with Gasteiger partial charge in [-0.25, -0.2) is 0 Å². The van der Waals surface area contributed by atoms with Gasteiger partial charge in [0.1, 0.15) is 0 Å². The molecule has 3 saturated carbocycles. The maximum Gasteiger partial charge on any atom is 0.00684 e. The van der Waals surface area contributed by atoms with Crippen LogP contribution in [0.3, 0.4) is 0 Å². The zero-order chi connectivity index (χ0) is 12.7. The van der Waals surface area contributed by atoms with E-state index in [-0.39, 0.29) is 0 Å². The van der Waals surface area contributed by atoms with E-state index in [1.54, 1.807) is 5.56 Å². The summed E-state index contributed by atoms with van der Waals surface area (Å²) in [6.45, 7) is 1.27. The molecule has 0 saturated heterocycles. The molecule has 1 aromatic rings. The minimum Gasteiger partial charge on any atom is -0.313 e. The van der Waals surface area contributed by atoms with E-state index < -0.39 is 0 Å². The molecule has 4 rings (SSSR count). The molecule has 0 amide bonds. The Morgan fingerprint density at radius 1 is 1.05 bits per heavy atom. The van der Waals surface area contributed by atoms with Gasteiger partial charge in [0.2, 0.25) is 0 Å². The summed E-state index contributed by atoms with van der Waals surface area (Å²) in [5, 5.41) is 3.84. The van der Waals surface area contributed by atoms with Crippen molar-refractivity contribution in [2.45, 2.75) is 51.0 Å². The molecular weight excluding hydrogens is 230 g/mol. The van der Waals surface area contributed by atoms with E-state index in [0.717, 1.165) is 17.9 Å². The van der Waals surface area contributed by atoms with E-state index in [1.807, 2.05) is 0 Å². The molecular formula is C18H25N. The predicted molar refractivity (Wildman–Crippen MR) is 79.1 cm³/mol. The third-order valence-electron chi connectivity index (χ3n) is 5.82. The molecule has 102 valence electrons. The Morgan fingerprint density at radius 2 is 1.89 bits per heavy atom. The van der Waals surface area contributed by atoms with Gasteiger partial charge in [0.15, 0.2) is 0 Å². The maximum absolute atomic E-state index is 3.84. The van der Waals surface area contributed by atoms with E-state index in [9.17, 15) is 0 Å². The van der Waals surface area contributed by atoms with Gasteiger partial charge in [-0.15, -0.1) is 0 Å². The number of hydrogen-bond acceptors (Lipinski definition) is 1. The van der Waals surface area contributed by atoms with Gasteiger partial charge in [-0.2, -0.15) is 0 Å². The first-order chi connectivity index (χ1) is 9.34. The first-order valence-electron chi connectivity index (χ1n) is 8.11. The van der Waals surface area contributed by atoms with Gasteiger partial charge in [-0.3, -0.25) is 0 Å². The lowest BCUT2D eigenvalue weighted by Gasteiger charge is -2.38. The highest BCUT2D eigenvalue weighted by Gasteiger charge is 2.50. The van der Waals surface area contributed by atoms with Crippen molar-refractivity contribution < 1.29 is 0 Å². The van der Waals surface area contributed by atoms with E-state index in [4.69, 9.17) is 0 Å². The Bertz CT molecular complexity index is 436. The van der Waals surface area contributed by atoms with Crippen LogP contribution in [0.25, 0.3) is 0 Å². The van der Waals surface area contributed by atoms with Crippen molar-refractivity contribution in [3.63, 3.8) is 0 Å². The van der Waals surface area contributed by atoms with Crippen LogP contribution in [0.1, 0.15) is 44.1 Å². The molecule has 0 spiro atoms. The molecule has 0 aliphatic heterocycles. The number of benzene rings is 1. The summed E-state index contributed by atoms with van der Waals surface area (Å²) < 4.78 is 0. The zero-order valence-corrected chi connectivity index (χ0v) is 11.8. The first-order valence-corrected chi connectivity index (χ1v) is 8.11. The minimum absolute atomic E-state index is 0.576. The third kappa shape index (κ3) is 2.33. The van der Waals surface area contributed by atoms with Crippen LogP contribution in [0.15, 0.2) is 30.3 Å². The lowest BCUT2D eigenvalue weighted by molar-refractivity contribution is 0.155. The highest BCUT2D eigenvalue weighted by molar-refractivity contribution is 5.19. The van der Waals surface area contributed by atoms with Crippen LogP contribution < -0.4 is 5.32 Å². The molecule has 2 bridgehead atoms. The Labute approximate surface area is 116 Å². The molecule has 3 fully saturated rings. The predicted octanol–water partition coefficient (Wildman–Crippen LogP) is 3.79. The van der Waals surface area contributed by atoms with Crippen molar-refractivity contribution in [1.29, 1.82) is 0 Å². The quantitative estimate of drug-likeness (QED) is 0.844. The number of rotatable bonds is 5. The fourth-order valence-electron chi connectivity index (χ4n) is 4.69. The summed E-state index contributed by atoms with van der Waals surface area (Å²) >= 11 is 0. The van der Waals surface area contributed by atoms with Crippen LogP contribution in [0.2, 0.25) is 0 Å². The summed E-state index contributed by atoms with van der Waals surface area (Å²) in [6, 6.07) is 12.0. The van der Waals surface area contributed by atoms with Gasteiger partial charge in [0, 0.05) is 12.6 Å². The average molecular weight is 255 g/mol. The molecule has 0 aromatic heterocycles. The Hall–Kier alpha value is -0.820. The largest absolute Gasteiger partial charge is 0.313 e. The number of fused-ring (bicyclic) bond motifs is 2. The fourth-order valence-corrected chi connectivity index (χ4v) is 4.69. The third-order valence-corrected chi connectivity index (χ3v) is 5.82. The van der Waals surface area contributed by atoms with E-state index in [0.29, 0.717) is 5.41 Å². The molecule has 19 heavy (non-hydrogen) atoms. The summed E-state index contributed by atoms with van der Waals surface area (Å²) in [5.74, 6) is 2.03. The average Bonchev–Trinajstić information content (AvgIpc) is 3.07. The Balaban J connectivity index is 1.53. The van der Waals surface area contributed by atoms with Gasteiger partial charge in [-0.05, 0) is 61.3 Å². The SMILES string of the molecule is c1ccc(C[C@@]2(CNC3CC3)C[C@@H]3CC[C@@H]2C3)cc1. The Morgan fingerprint density at radius 3 is 2.53 bits per heavy atom. The number of hydrogen-bond donors (Lipinski definition) is 1. The van der Waals surface area contributed by atoms with Gasteiger partial charge < -0.3 is 5.32 Å². The van der Waals surface area contributed by atoms with Crippen LogP contribution in [-0.2, 0) is 6.42 Å². The summed E-state index contributed by atoms with van der Waals surface area (Å²) in [4.78, 5) is 0. The monoisotopic (exact) mass is 255 g/mol. The van der Waals surface area contributed by atoms with Crippen LogP contribution in [0.5, 0.6) is 0 Å². The molecule has 1 aromatic carbocycles. The molecule has 1 nitrogen and oxygen atoms in total. The minimum atomic E-state index is 0.576. The lowest BCUT2D eigenvalue weighted by atomic mass is 9.69. The second-order valence-corrected chi connectivity index (χ2v) is 7.26. The second kappa shape index (κ2) is 4.63. The normalized spacial score (nSPS) is 36.8. The van der Waals surface area contributed by atoms with Gasteiger partial charge in [-0.1, -0.05) is 36.8 Å². The summed E-state index contributed by atoms with van der Waals surface area (Å²) in [6.07, 6.45) is 10.1. The fraction of sp³-hybridized carbons (Fsp3) is 0.667. The maximum atomic E-state index is 3.84. The van der Waals surface area contributed by atoms with E-state index in [1.165, 1.54) is 51.5 Å². The molecule has 3 aliphatic carbocycles. The first kappa shape index (κ1) is 12.0. The molecule has 0 unspecified atom stereocenters. The van der Waals surface area contributed by atoms with Crippen LogP contribution in [0, 0.1) is 17.3 Å². The van der Waals surface area contributed by atoms with Crippen molar-refractivity contribution in [3.05, 3.63) is 35.9 Å². The highest BCUT2D eigenvalue weighted by atomic mass is 15.0. The van der Waals surface area contributed by atoms with Crippen LogP contribution >= 0.6 is 0 Å². The van der Waals surface area contributed by atoms with Crippen molar-refractivity contribution in [2.75, 3.05) is 6.54 Å². The Kier molecular flexibility index (Phi) is 2.91. The summed E-state index contributed by atoms with van der Waals surface area (Å²) in [7, 11) is 0. The van der Waals surface area contributed by atoms with Gasteiger partial charge in [0.05, 0.1) is 0 Å². The molecule has 0 heterocycles. The lowest BCUT2D eigenvalue weighted by Crippen LogP contribution is -2.41. The second-order valence-electron chi connectivity index (χ2n) is 7.26. The van der Waals surface area contributed by atoms with Crippen molar-refractivity contribution >= 4 is 0 Å². The highest BCUT2D eigenvalue weighted by Crippen LogP contribution is 2.57. The topological polar surface area (TPSA) is 12.0 Å². The number of nitrogens with one attached hydrogen (secondary N) is 1. The molecule has 0 radical (unpaired) electrons. The summed E-state index contributed by atoms with van der Waals surface area (Å²) in [5.41, 5.74) is 2.12. The standard InChI is InChI=1S/C18H25N/c1-2-4-14(5-3-1)11-18(13-19-17-8-9-17)12-15-6-7-16(18)10-15/h1-5,15-17,19H,6-13H2/t15-,16-,18+/m1/s1. The molecule has 1 heteroatoms. The van der Waals surface area contributed by atoms with Crippen molar-refractivity contribution in [2.24, 2.45) is 17.3 Å². The molecule has 3 aliphatic rings.